The van der Waals surface area contributed by atoms with Gasteiger partial charge in [0.25, 0.3) is 5.91 Å². The van der Waals surface area contributed by atoms with Crippen LogP contribution in [-0.2, 0) is 6.42 Å². The second-order valence-corrected chi connectivity index (χ2v) is 5.70. The summed E-state index contributed by atoms with van der Waals surface area (Å²) in [6.45, 7) is 0. The number of nitrogens with one attached hydrogen (secondary N) is 1. The Labute approximate surface area is 148 Å². The van der Waals surface area contributed by atoms with Gasteiger partial charge in [-0.2, -0.15) is 13.2 Å². The highest BCUT2D eigenvalue weighted by Gasteiger charge is 2.28. The van der Waals surface area contributed by atoms with E-state index in [2.05, 4.69) is 10.3 Å². The van der Waals surface area contributed by atoms with Crippen molar-refractivity contribution in [1.82, 2.24) is 4.98 Å². The fraction of sp³-hybridized carbons (Fsp3) is 0.100. The molecule has 1 aromatic heterocycles. The number of nitrogens with zero attached hydrogens (tertiary/aromatic N) is 1. The number of rotatable bonds is 4. The molecule has 0 spiro atoms. The van der Waals surface area contributed by atoms with Gasteiger partial charge in [0.05, 0.1) is 6.42 Å². The van der Waals surface area contributed by atoms with E-state index in [-0.39, 0.29) is 17.2 Å². The molecule has 3 nitrogen and oxygen atoms in total. The summed E-state index contributed by atoms with van der Waals surface area (Å²) in [5, 5.41) is 2.71. The van der Waals surface area contributed by atoms with Crippen molar-refractivity contribution in [1.29, 1.82) is 0 Å². The number of amides is 1. The first-order valence-electron chi connectivity index (χ1n) is 7.90. The van der Waals surface area contributed by atoms with Gasteiger partial charge in [0.2, 0.25) is 0 Å². The molecule has 2 aromatic carbocycles. The molecule has 3 rings (SSSR count). The molecule has 0 aliphatic rings. The van der Waals surface area contributed by atoms with Gasteiger partial charge in [-0.05, 0) is 41.0 Å². The third kappa shape index (κ3) is 4.47. The highest BCUT2D eigenvalue weighted by molar-refractivity contribution is 6.02. The highest BCUT2D eigenvalue weighted by atomic mass is 19.4. The molecule has 0 aliphatic carbocycles. The Kier molecular flexibility index (Phi) is 5.02. The summed E-state index contributed by atoms with van der Waals surface area (Å²) in [4.78, 5) is 16.0. The summed E-state index contributed by atoms with van der Waals surface area (Å²) < 4.78 is 38.3. The number of hydrogen-bond donors (Lipinski definition) is 1. The number of carbonyl (C=O) groups excluding carboxylic acids is 1. The Hall–Kier alpha value is -3.15. The van der Waals surface area contributed by atoms with E-state index in [1.807, 2.05) is 0 Å². The van der Waals surface area contributed by atoms with Crippen LogP contribution >= 0.6 is 0 Å². The Balaban J connectivity index is 1.79. The molecule has 26 heavy (non-hydrogen) atoms. The first-order chi connectivity index (χ1) is 12.4. The van der Waals surface area contributed by atoms with Crippen LogP contribution < -0.4 is 5.32 Å². The highest BCUT2D eigenvalue weighted by Crippen LogP contribution is 2.30. The maximum atomic E-state index is 12.8. The first kappa shape index (κ1) is 17.7. The number of anilines is 1. The number of benzene rings is 2. The van der Waals surface area contributed by atoms with Gasteiger partial charge in [0.15, 0.2) is 0 Å². The van der Waals surface area contributed by atoms with Gasteiger partial charge in [-0.15, -0.1) is 0 Å². The molecule has 1 N–H and O–H groups in total. The molecule has 0 unspecified atom stereocenters. The summed E-state index contributed by atoms with van der Waals surface area (Å²) in [7, 11) is 0. The third-order valence-electron chi connectivity index (χ3n) is 3.76. The lowest BCUT2D eigenvalue weighted by molar-refractivity contribution is -0.127. The van der Waals surface area contributed by atoms with E-state index in [1.54, 1.807) is 60.7 Å². The first-order valence-corrected chi connectivity index (χ1v) is 7.90. The van der Waals surface area contributed by atoms with Crippen molar-refractivity contribution in [2.24, 2.45) is 0 Å². The summed E-state index contributed by atoms with van der Waals surface area (Å²) in [6, 6.07) is 18.1. The molecule has 132 valence electrons. The van der Waals surface area contributed by atoms with Crippen LogP contribution in [0.2, 0.25) is 0 Å². The standard InChI is InChI=1S/C20H15F3N2O/c21-20(22,23)13-15-5-1-2-6-17(15)14-8-10-16(11-9-14)25-19(26)18-7-3-4-12-24-18/h1-12H,13H2,(H,25,26). The van der Waals surface area contributed by atoms with Gasteiger partial charge in [-0.1, -0.05) is 42.5 Å². The van der Waals surface area contributed by atoms with Crippen LogP contribution in [0, 0.1) is 0 Å². The Morgan fingerprint density at radius 3 is 2.27 bits per heavy atom. The van der Waals surface area contributed by atoms with E-state index in [4.69, 9.17) is 0 Å². The molecule has 6 heteroatoms. The van der Waals surface area contributed by atoms with E-state index in [0.29, 0.717) is 16.8 Å². The quantitative estimate of drug-likeness (QED) is 0.706. The van der Waals surface area contributed by atoms with E-state index in [9.17, 15) is 18.0 Å². The number of carbonyl (C=O) groups is 1. The Morgan fingerprint density at radius 2 is 1.62 bits per heavy atom. The number of pyridine rings is 1. The van der Waals surface area contributed by atoms with Gasteiger partial charge in [-0.25, -0.2) is 0 Å². The zero-order valence-corrected chi connectivity index (χ0v) is 13.6. The van der Waals surface area contributed by atoms with Crippen molar-refractivity contribution in [2.75, 3.05) is 5.32 Å². The molecule has 0 fully saturated rings. The van der Waals surface area contributed by atoms with Crippen LogP contribution in [0.25, 0.3) is 11.1 Å². The van der Waals surface area contributed by atoms with Crippen molar-refractivity contribution in [3.63, 3.8) is 0 Å². The molecule has 0 aliphatic heterocycles. The average Bonchev–Trinajstić information content (AvgIpc) is 2.62. The van der Waals surface area contributed by atoms with Crippen LogP contribution in [0.15, 0.2) is 72.9 Å². The number of halogens is 3. The predicted octanol–water partition coefficient (Wildman–Crippen LogP) is 5.11. The molecule has 1 amide bonds. The minimum Gasteiger partial charge on any atom is -0.321 e. The van der Waals surface area contributed by atoms with Crippen molar-refractivity contribution in [3.8, 4) is 11.1 Å². The van der Waals surface area contributed by atoms with Crippen LogP contribution in [0.3, 0.4) is 0 Å². The summed E-state index contributed by atoms with van der Waals surface area (Å²) in [5.74, 6) is -0.351. The fourth-order valence-corrected chi connectivity index (χ4v) is 2.60. The maximum Gasteiger partial charge on any atom is 0.393 e. The van der Waals surface area contributed by atoms with Crippen molar-refractivity contribution >= 4 is 11.6 Å². The van der Waals surface area contributed by atoms with E-state index in [0.717, 1.165) is 0 Å². The molecule has 1 heterocycles. The van der Waals surface area contributed by atoms with Gasteiger partial charge >= 0.3 is 6.18 Å². The lowest BCUT2D eigenvalue weighted by Gasteiger charge is -2.12. The van der Waals surface area contributed by atoms with Crippen LogP contribution in [0.5, 0.6) is 0 Å². The van der Waals surface area contributed by atoms with E-state index < -0.39 is 12.6 Å². The van der Waals surface area contributed by atoms with Crippen LogP contribution in [-0.4, -0.2) is 17.1 Å². The summed E-state index contributed by atoms with van der Waals surface area (Å²) in [6.07, 6.45) is -3.73. The minimum absolute atomic E-state index is 0.213. The lowest BCUT2D eigenvalue weighted by atomic mass is 9.97. The van der Waals surface area contributed by atoms with Crippen LogP contribution in [0.4, 0.5) is 18.9 Å². The third-order valence-corrected chi connectivity index (χ3v) is 3.76. The van der Waals surface area contributed by atoms with Gasteiger partial charge in [0.1, 0.15) is 5.69 Å². The Bertz CT molecular complexity index is 891. The monoisotopic (exact) mass is 356 g/mol. The van der Waals surface area contributed by atoms with Gasteiger partial charge in [-0.3, -0.25) is 9.78 Å². The molecule has 0 atom stereocenters. The molecular weight excluding hydrogens is 341 g/mol. The maximum absolute atomic E-state index is 12.8. The average molecular weight is 356 g/mol. The molecule has 0 bridgehead atoms. The second kappa shape index (κ2) is 7.39. The molecule has 3 aromatic rings. The molecular formula is C20H15F3N2O. The van der Waals surface area contributed by atoms with Crippen molar-refractivity contribution in [2.45, 2.75) is 12.6 Å². The van der Waals surface area contributed by atoms with Crippen molar-refractivity contribution < 1.29 is 18.0 Å². The lowest BCUT2D eigenvalue weighted by Crippen LogP contribution is -2.13. The molecule has 0 radical (unpaired) electrons. The minimum atomic E-state index is -4.27. The summed E-state index contributed by atoms with van der Waals surface area (Å²) in [5.41, 5.74) is 2.21. The Morgan fingerprint density at radius 1 is 0.923 bits per heavy atom. The van der Waals surface area contributed by atoms with E-state index in [1.165, 1.54) is 12.3 Å². The normalized spacial score (nSPS) is 11.2. The van der Waals surface area contributed by atoms with Gasteiger partial charge < -0.3 is 5.32 Å². The van der Waals surface area contributed by atoms with Crippen LogP contribution in [0.1, 0.15) is 16.1 Å². The molecule has 0 saturated carbocycles. The second-order valence-electron chi connectivity index (χ2n) is 5.70. The zero-order valence-electron chi connectivity index (χ0n) is 13.6. The number of aromatic nitrogens is 1. The molecule has 0 saturated heterocycles. The SMILES string of the molecule is O=C(Nc1ccc(-c2ccccc2CC(F)(F)F)cc1)c1ccccn1. The summed E-state index contributed by atoms with van der Waals surface area (Å²) >= 11 is 0. The fourth-order valence-electron chi connectivity index (χ4n) is 2.60. The smallest absolute Gasteiger partial charge is 0.321 e. The van der Waals surface area contributed by atoms with E-state index >= 15 is 0 Å². The van der Waals surface area contributed by atoms with Crippen molar-refractivity contribution in [3.05, 3.63) is 84.2 Å². The number of alkyl halides is 3. The zero-order chi connectivity index (χ0) is 18.6. The predicted molar refractivity (Wildman–Crippen MR) is 93.8 cm³/mol. The number of hydrogen-bond acceptors (Lipinski definition) is 2. The van der Waals surface area contributed by atoms with Gasteiger partial charge in [0, 0.05) is 11.9 Å². The topological polar surface area (TPSA) is 42.0 Å². The largest absolute Gasteiger partial charge is 0.393 e.